The van der Waals surface area contributed by atoms with Gasteiger partial charge in [-0.1, -0.05) is 31.2 Å². The summed E-state index contributed by atoms with van der Waals surface area (Å²) in [6, 6.07) is 19.2. The van der Waals surface area contributed by atoms with Crippen LogP contribution in [0.3, 0.4) is 0 Å². The van der Waals surface area contributed by atoms with Crippen LogP contribution in [0.15, 0.2) is 94.3 Å². The molecule has 0 bridgehead atoms. The standard InChI is InChI=1S/C23H31F3N2O2S.C12H14F3NOS.C11H12F3N3O2S.C11H17NO/c1-22(2,3)31(29)27-23(4,21-19(25)13-17(24)14-20(21)26)11-12-28(5)15-16-7-9-18(30-6)10-8-16;1-7(16-18(17)12(2,3)4)11-9(14)5-8(13)6-10(11)15;1-11(5-20(18,19)17(2)10(15)16-11)9-7(13)3-6(12)4-8(9)14;1-4-12(2)9-10-5-7-11(13-3)8-6-10/h7-10,13-14,27H,11-12,15H2,1-6H3;5-6H,1-4H3;3-4H,5H2,1-2H3,(H2,15,16);5-8H,4,9H2,1-3H3/t23-,31-;18-;11-;/m000./s1. The zero-order valence-electron chi connectivity index (χ0n) is 48.7. The molecule has 0 radical (unpaired) electrons. The highest BCUT2D eigenvalue weighted by Gasteiger charge is 2.44. The van der Waals surface area contributed by atoms with E-state index >= 15 is 0 Å². The number of hydrogen-bond donors (Lipinski definition) is 2. The van der Waals surface area contributed by atoms with Crippen molar-refractivity contribution in [1.82, 2.24) is 18.8 Å². The molecule has 0 saturated heterocycles. The van der Waals surface area contributed by atoms with Gasteiger partial charge in [0.05, 0.1) is 62.8 Å². The molecular formula is C57H74F9N7O6S3. The molecule has 0 amide bonds. The van der Waals surface area contributed by atoms with Gasteiger partial charge in [-0.15, -0.1) is 0 Å². The smallest absolute Gasteiger partial charge is 0.239 e. The highest BCUT2D eigenvalue weighted by Crippen LogP contribution is 2.36. The summed E-state index contributed by atoms with van der Waals surface area (Å²) in [5.41, 5.74) is 3.34. The van der Waals surface area contributed by atoms with Crippen molar-refractivity contribution in [2.24, 2.45) is 15.1 Å². The topological polar surface area (TPSA) is 159 Å². The number of methoxy groups -OCH3 is 2. The molecule has 1 heterocycles. The Morgan fingerprint density at radius 2 is 1.11 bits per heavy atom. The number of nitrogens with two attached hydrogens (primary N) is 1. The highest BCUT2D eigenvalue weighted by atomic mass is 32.2. The Labute approximate surface area is 481 Å². The van der Waals surface area contributed by atoms with E-state index in [-0.39, 0.29) is 23.7 Å². The average molecular weight is 1220 g/mol. The molecule has 0 saturated carbocycles. The van der Waals surface area contributed by atoms with Crippen molar-refractivity contribution in [2.45, 2.75) is 109 Å². The van der Waals surface area contributed by atoms with Gasteiger partial charge in [0.1, 0.15) is 80.4 Å². The molecule has 82 heavy (non-hydrogen) atoms. The van der Waals surface area contributed by atoms with Gasteiger partial charge in [-0.2, -0.15) is 4.40 Å². The molecule has 0 spiro atoms. The molecule has 5 aromatic rings. The Morgan fingerprint density at radius 1 is 0.707 bits per heavy atom. The maximum Gasteiger partial charge on any atom is 0.239 e. The second-order valence-electron chi connectivity index (χ2n) is 21.6. The number of nitrogens with one attached hydrogen (secondary N) is 1. The van der Waals surface area contributed by atoms with Gasteiger partial charge in [0.15, 0.2) is 0 Å². The number of rotatable bonds is 16. The number of nitrogens with zero attached hydrogens (tertiary/aromatic N) is 5. The van der Waals surface area contributed by atoms with E-state index < -0.39 is 122 Å². The minimum absolute atomic E-state index is 0.0572. The van der Waals surface area contributed by atoms with Crippen LogP contribution in [-0.2, 0) is 56.2 Å². The van der Waals surface area contributed by atoms with E-state index in [4.69, 9.17) is 15.2 Å². The lowest BCUT2D eigenvalue weighted by Gasteiger charge is -2.35. The van der Waals surface area contributed by atoms with Crippen molar-refractivity contribution < 1.29 is 65.8 Å². The summed E-state index contributed by atoms with van der Waals surface area (Å²) in [4.78, 5) is 8.12. The summed E-state index contributed by atoms with van der Waals surface area (Å²) in [7, 11) is 1.40. The number of benzene rings is 5. The zero-order valence-corrected chi connectivity index (χ0v) is 51.2. The van der Waals surface area contributed by atoms with Crippen LogP contribution in [0.5, 0.6) is 11.5 Å². The average Bonchev–Trinajstić information content (AvgIpc) is 3.34. The third-order valence-electron chi connectivity index (χ3n) is 12.4. The number of guanidine groups is 1. The van der Waals surface area contributed by atoms with E-state index in [1.807, 2.05) is 48.3 Å². The van der Waals surface area contributed by atoms with Gasteiger partial charge >= 0.3 is 0 Å². The first-order valence-corrected chi connectivity index (χ1v) is 29.2. The third-order valence-corrected chi connectivity index (χ3v) is 17.6. The van der Waals surface area contributed by atoms with Gasteiger partial charge in [-0.3, -0.25) is 0 Å². The Kier molecular flexibility index (Phi) is 25.4. The number of aliphatic imine (C=N–C) groups is 1. The van der Waals surface area contributed by atoms with Crippen molar-refractivity contribution in [3.05, 3.63) is 165 Å². The van der Waals surface area contributed by atoms with Crippen molar-refractivity contribution in [2.75, 3.05) is 54.2 Å². The van der Waals surface area contributed by atoms with Crippen molar-refractivity contribution in [1.29, 1.82) is 0 Å². The fraction of sp³-hybridized carbons (Fsp3) is 0.439. The summed E-state index contributed by atoms with van der Waals surface area (Å²) < 4.78 is 188. The number of sulfonamides is 1. The molecule has 0 aromatic heterocycles. The van der Waals surface area contributed by atoms with Crippen LogP contribution in [0.2, 0.25) is 0 Å². The van der Waals surface area contributed by atoms with Crippen LogP contribution in [0.4, 0.5) is 39.5 Å². The minimum Gasteiger partial charge on any atom is -0.497 e. The molecule has 3 N–H and O–H groups in total. The molecule has 454 valence electrons. The summed E-state index contributed by atoms with van der Waals surface area (Å²) in [5, 5.41) is 0. The molecule has 0 aliphatic carbocycles. The molecule has 0 fully saturated rings. The van der Waals surface area contributed by atoms with E-state index in [9.17, 15) is 56.3 Å². The molecule has 13 nitrogen and oxygen atoms in total. The first kappa shape index (κ1) is 70.4. The number of ether oxygens (including phenoxy) is 2. The quantitative estimate of drug-likeness (QED) is 0.0724. The number of halogens is 9. The first-order chi connectivity index (χ1) is 37.8. The second-order valence-corrected chi connectivity index (χ2v) is 27.4. The normalized spacial score (nSPS) is 16.8. The molecule has 5 aromatic carbocycles. The van der Waals surface area contributed by atoms with Gasteiger partial charge < -0.3 is 25.0 Å². The Hall–Kier alpha value is -5.86. The predicted molar refractivity (Wildman–Crippen MR) is 307 cm³/mol. The van der Waals surface area contributed by atoms with Crippen molar-refractivity contribution >= 4 is 43.7 Å². The summed E-state index contributed by atoms with van der Waals surface area (Å²) >= 11 is 0. The fourth-order valence-electron chi connectivity index (χ4n) is 7.67. The van der Waals surface area contributed by atoms with Gasteiger partial charge in [-0.25, -0.2) is 70.4 Å². The zero-order chi connectivity index (χ0) is 62.5. The molecule has 4 atom stereocenters. The maximum atomic E-state index is 14.7. The van der Waals surface area contributed by atoms with Crippen LogP contribution in [-0.4, -0.2) is 106 Å². The Bertz CT molecular complexity index is 3130. The first-order valence-electron chi connectivity index (χ1n) is 25.4. The second kappa shape index (κ2) is 29.6. The summed E-state index contributed by atoms with van der Waals surface area (Å²) in [6.07, 6.45) is 0.251. The molecule has 25 heteroatoms. The molecular weight excluding hydrogens is 1150 g/mol. The summed E-state index contributed by atoms with van der Waals surface area (Å²) in [6.45, 7) is 19.8. The SMILES string of the molecule is CC(=N[S@@](=O)C(C)(C)C)c1c(F)cc(F)cc1F.CCN(C)Cc1ccc(OC)cc1.CN1C(N)=N[C@](C)(c2c(F)cc(F)cc2F)CS1(=O)=O.COc1ccc(CN(C)CC[C@](C)(N[S@@](=O)C(C)(C)C)c2c(F)cc(F)cc2F)cc1. The van der Waals surface area contributed by atoms with Crippen molar-refractivity contribution in [3.63, 3.8) is 0 Å². The maximum absolute atomic E-state index is 14.7. The highest BCUT2D eigenvalue weighted by molar-refractivity contribution is 7.89. The van der Waals surface area contributed by atoms with Crippen LogP contribution >= 0.6 is 0 Å². The Morgan fingerprint density at radius 3 is 1.49 bits per heavy atom. The van der Waals surface area contributed by atoms with Gasteiger partial charge in [0.2, 0.25) is 16.0 Å². The molecule has 0 unspecified atom stereocenters. The molecule has 1 aliphatic heterocycles. The Balaban J connectivity index is 0.000000302. The lowest BCUT2D eigenvalue weighted by atomic mass is 9.88. The van der Waals surface area contributed by atoms with E-state index in [1.165, 1.54) is 26.5 Å². The third kappa shape index (κ3) is 20.2. The molecule has 1 aliphatic rings. The predicted octanol–water partition coefficient (Wildman–Crippen LogP) is 11.3. The van der Waals surface area contributed by atoms with Gasteiger partial charge in [0, 0.05) is 68.6 Å². The van der Waals surface area contributed by atoms with E-state index in [0.29, 0.717) is 49.5 Å². The van der Waals surface area contributed by atoms with E-state index in [2.05, 4.69) is 45.1 Å². The van der Waals surface area contributed by atoms with Crippen LogP contribution < -0.4 is 19.9 Å². The summed E-state index contributed by atoms with van der Waals surface area (Å²) in [5.74, 6) is -9.00. The lowest BCUT2D eigenvalue weighted by molar-refractivity contribution is 0.264. The van der Waals surface area contributed by atoms with Crippen molar-refractivity contribution in [3.8, 4) is 11.5 Å². The largest absolute Gasteiger partial charge is 0.497 e. The van der Waals surface area contributed by atoms with Crippen LogP contribution in [0.25, 0.3) is 0 Å². The molecule has 6 rings (SSSR count). The van der Waals surface area contributed by atoms with E-state index in [1.54, 1.807) is 62.7 Å². The van der Waals surface area contributed by atoms with E-state index in [0.717, 1.165) is 34.5 Å². The number of hydrogen-bond acceptors (Lipinski definition) is 10. The van der Waals surface area contributed by atoms with Gasteiger partial charge in [0.25, 0.3) is 0 Å². The monoisotopic (exact) mass is 1220 g/mol. The minimum atomic E-state index is -3.86. The lowest BCUT2D eigenvalue weighted by Crippen LogP contribution is -2.50. The fourth-order valence-corrected chi connectivity index (χ4v) is 10.6. The van der Waals surface area contributed by atoms with Crippen LogP contribution in [0.1, 0.15) is 103 Å². The van der Waals surface area contributed by atoms with Gasteiger partial charge in [-0.05, 0) is 125 Å². The van der Waals surface area contributed by atoms with Crippen LogP contribution in [0, 0.1) is 52.4 Å².